The van der Waals surface area contributed by atoms with Crippen LogP contribution in [0, 0.1) is 0 Å². The molecule has 0 saturated carbocycles. The normalized spacial score (nSPS) is 11.4. The Kier molecular flexibility index (Phi) is 5.65. The lowest BCUT2D eigenvalue weighted by atomic mass is 10.2. The van der Waals surface area contributed by atoms with Crippen molar-refractivity contribution in [1.82, 2.24) is 10.2 Å². The van der Waals surface area contributed by atoms with Crippen LogP contribution in [0.25, 0.3) is 0 Å². The second-order valence-corrected chi connectivity index (χ2v) is 3.50. The van der Waals surface area contributed by atoms with Crippen molar-refractivity contribution in [3.05, 3.63) is 0 Å². The molecule has 8 nitrogen and oxygen atoms in total. The Morgan fingerprint density at radius 3 is 2.24 bits per heavy atom. The predicted octanol–water partition coefficient (Wildman–Crippen LogP) is -2.09. The number of rotatable bonds is 6. The van der Waals surface area contributed by atoms with E-state index in [1.165, 1.54) is 14.0 Å². The summed E-state index contributed by atoms with van der Waals surface area (Å²) in [7, 11) is 1.39. The molecule has 0 aromatic rings. The lowest BCUT2D eigenvalue weighted by Gasteiger charge is -2.17. The zero-order valence-corrected chi connectivity index (χ0v) is 9.60. The average molecular weight is 245 g/mol. The highest BCUT2D eigenvalue weighted by molar-refractivity contribution is 5.90. The maximum atomic E-state index is 11.3. The van der Waals surface area contributed by atoms with Crippen molar-refractivity contribution in [3.63, 3.8) is 0 Å². The number of carbonyl (C=O) groups is 4. The minimum atomic E-state index is -1.37. The third kappa shape index (κ3) is 6.13. The second kappa shape index (κ2) is 6.46. The number of carbonyl (C=O) groups excluding carboxylic acids is 3. The highest BCUT2D eigenvalue weighted by Crippen LogP contribution is 1.93. The SMILES string of the molecule is CC(=O)N(C)CC(=O)N[C@H](CC(N)=O)C(=O)O. The van der Waals surface area contributed by atoms with E-state index in [4.69, 9.17) is 10.8 Å². The first-order chi connectivity index (χ1) is 7.73. The zero-order valence-electron chi connectivity index (χ0n) is 9.60. The van der Waals surface area contributed by atoms with E-state index in [0.29, 0.717) is 0 Å². The maximum Gasteiger partial charge on any atom is 0.326 e. The maximum absolute atomic E-state index is 11.3. The van der Waals surface area contributed by atoms with E-state index in [1.54, 1.807) is 0 Å². The lowest BCUT2D eigenvalue weighted by Crippen LogP contribution is -2.47. The van der Waals surface area contributed by atoms with Gasteiger partial charge in [0.05, 0.1) is 13.0 Å². The molecule has 0 fully saturated rings. The molecule has 0 aromatic carbocycles. The summed E-state index contributed by atoms with van der Waals surface area (Å²) < 4.78 is 0. The van der Waals surface area contributed by atoms with Crippen LogP contribution >= 0.6 is 0 Å². The fourth-order valence-corrected chi connectivity index (χ4v) is 0.968. The molecule has 1 atom stereocenters. The summed E-state index contributed by atoms with van der Waals surface area (Å²) in [6, 6.07) is -1.37. The molecule has 0 unspecified atom stereocenters. The van der Waals surface area contributed by atoms with E-state index in [-0.39, 0.29) is 12.5 Å². The van der Waals surface area contributed by atoms with Crippen molar-refractivity contribution in [1.29, 1.82) is 0 Å². The zero-order chi connectivity index (χ0) is 13.6. The van der Waals surface area contributed by atoms with E-state index in [1.807, 2.05) is 0 Å². The summed E-state index contributed by atoms with van der Waals surface area (Å²) >= 11 is 0. The number of hydrogen-bond acceptors (Lipinski definition) is 4. The molecular formula is C9H15N3O5. The summed E-state index contributed by atoms with van der Waals surface area (Å²) in [5, 5.41) is 10.8. The molecule has 96 valence electrons. The van der Waals surface area contributed by atoms with Crippen LogP contribution in [0.3, 0.4) is 0 Å². The van der Waals surface area contributed by atoms with Crippen LogP contribution < -0.4 is 11.1 Å². The molecule has 0 bridgehead atoms. The topological polar surface area (TPSA) is 130 Å². The van der Waals surface area contributed by atoms with Crippen LogP contribution in [-0.4, -0.2) is 53.3 Å². The molecule has 0 aliphatic heterocycles. The Labute approximate surface area is 97.7 Å². The average Bonchev–Trinajstić information content (AvgIpc) is 2.15. The molecule has 0 rings (SSSR count). The second-order valence-electron chi connectivity index (χ2n) is 3.50. The third-order valence-electron chi connectivity index (χ3n) is 1.96. The minimum absolute atomic E-state index is 0.280. The highest BCUT2D eigenvalue weighted by atomic mass is 16.4. The van der Waals surface area contributed by atoms with Crippen molar-refractivity contribution in [3.8, 4) is 0 Å². The number of nitrogens with zero attached hydrogens (tertiary/aromatic N) is 1. The first-order valence-electron chi connectivity index (χ1n) is 4.76. The standard InChI is InChI=1S/C9H15N3O5/c1-5(13)12(2)4-8(15)11-6(9(16)17)3-7(10)14/h6H,3-4H2,1-2H3,(H2,10,14)(H,11,15)(H,16,17)/t6-/m1/s1. The number of primary amides is 1. The van der Waals surface area contributed by atoms with Gasteiger partial charge in [-0.1, -0.05) is 0 Å². The van der Waals surface area contributed by atoms with Gasteiger partial charge in [0.2, 0.25) is 17.7 Å². The molecule has 3 amide bonds. The molecule has 0 aliphatic carbocycles. The van der Waals surface area contributed by atoms with E-state index in [2.05, 4.69) is 5.32 Å². The van der Waals surface area contributed by atoms with Gasteiger partial charge in [-0.15, -0.1) is 0 Å². The van der Waals surface area contributed by atoms with Crippen molar-refractivity contribution >= 4 is 23.7 Å². The van der Waals surface area contributed by atoms with Gasteiger partial charge in [0.1, 0.15) is 6.04 Å². The molecule has 0 heterocycles. The number of likely N-dealkylation sites (N-methyl/N-ethyl adjacent to an activating group) is 1. The van der Waals surface area contributed by atoms with Crippen LogP contribution in [0.5, 0.6) is 0 Å². The Hall–Kier alpha value is -2.12. The minimum Gasteiger partial charge on any atom is -0.480 e. The lowest BCUT2D eigenvalue weighted by molar-refractivity contribution is -0.143. The van der Waals surface area contributed by atoms with Crippen molar-refractivity contribution < 1.29 is 24.3 Å². The number of carboxylic acids is 1. The van der Waals surface area contributed by atoms with Crippen molar-refractivity contribution in [2.24, 2.45) is 5.73 Å². The van der Waals surface area contributed by atoms with Gasteiger partial charge in [0.15, 0.2) is 0 Å². The number of amides is 3. The summed E-state index contributed by atoms with van der Waals surface area (Å²) in [5.74, 6) is -3.20. The smallest absolute Gasteiger partial charge is 0.326 e. The van der Waals surface area contributed by atoms with Crippen LogP contribution in [0.1, 0.15) is 13.3 Å². The Balaban J connectivity index is 4.36. The van der Waals surface area contributed by atoms with Gasteiger partial charge in [-0.3, -0.25) is 14.4 Å². The number of nitrogens with one attached hydrogen (secondary N) is 1. The van der Waals surface area contributed by atoms with Gasteiger partial charge in [-0.05, 0) is 0 Å². The van der Waals surface area contributed by atoms with Gasteiger partial charge in [-0.2, -0.15) is 0 Å². The number of aliphatic carboxylic acids is 1. The van der Waals surface area contributed by atoms with Gasteiger partial charge < -0.3 is 21.1 Å². The quantitative estimate of drug-likeness (QED) is 0.494. The molecule has 8 heteroatoms. The largest absolute Gasteiger partial charge is 0.480 e. The van der Waals surface area contributed by atoms with Gasteiger partial charge >= 0.3 is 5.97 Å². The van der Waals surface area contributed by atoms with E-state index in [0.717, 1.165) is 4.90 Å². The van der Waals surface area contributed by atoms with Crippen molar-refractivity contribution in [2.75, 3.05) is 13.6 Å². The molecule has 0 radical (unpaired) electrons. The van der Waals surface area contributed by atoms with E-state index >= 15 is 0 Å². The summed E-state index contributed by atoms with van der Waals surface area (Å²) in [5.41, 5.74) is 4.84. The molecule has 0 spiro atoms. The third-order valence-corrected chi connectivity index (χ3v) is 1.96. The van der Waals surface area contributed by atoms with Crippen molar-refractivity contribution in [2.45, 2.75) is 19.4 Å². The number of nitrogens with two attached hydrogens (primary N) is 1. The van der Waals surface area contributed by atoms with E-state index < -0.39 is 30.2 Å². The van der Waals surface area contributed by atoms with Gasteiger partial charge in [0, 0.05) is 14.0 Å². The molecule has 0 aliphatic rings. The Morgan fingerprint density at radius 2 is 1.88 bits per heavy atom. The predicted molar refractivity (Wildman–Crippen MR) is 56.7 cm³/mol. The van der Waals surface area contributed by atoms with E-state index in [9.17, 15) is 19.2 Å². The van der Waals surface area contributed by atoms with Crippen LogP contribution in [0.15, 0.2) is 0 Å². The number of carboxylic acid groups (broad SMARTS) is 1. The van der Waals surface area contributed by atoms with Crippen LogP contribution in [0.2, 0.25) is 0 Å². The molecule has 0 saturated heterocycles. The summed E-state index contributed by atoms with van der Waals surface area (Å²) in [6.45, 7) is 0.989. The van der Waals surface area contributed by atoms with Gasteiger partial charge in [-0.25, -0.2) is 4.79 Å². The highest BCUT2D eigenvalue weighted by Gasteiger charge is 2.22. The van der Waals surface area contributed by atoms with Gasteiger partial charge in [0.25, 0.3) is 0 Å². The fraction of sp³-hybridized carbons (Fsp3) is 0.556. The molecule has 0 aromatic heterocycles. The monoisotopic (exact) mass is 245 g/mol. The van der Waals surface area contributed by atoms with Crippen LogP contribution in [0.4, 0.5) is 0 Å². The first kappa shape index (κ1) is 14.9. The Morgan fingerprint density at radius 1 is 1.35 bits per heavy atom. The Bertz CT molecular complexity index is 342. The fourth-order valence-electron chi connectivity index (χ4n) is 0.968. The molecule has 17 heavy (non-hydrogen) atoms. The molecular weight excluding hydrogens is 230 g/mol. The van der Waals surface area contributed by atoms with Crippen LogP contribution in [-0.2, 0) is 19.2 Å². The molecule has 4 N–H and O–H groups in total. The summed E-state index contributed by atoms with van der Waals surface area (Å²) in [6.07, 6.45) is -0.495. The first-order valence-corrected chi connectivity index (χ1v) is 4.76. The number of hydrogen-bond donors (Lipinski definition) is 3. The summed E-state index contributed by atoms with van der Waals surface area (Å²) in [4.78, 5) is 44.5.